The molecule has 17 heteroatoms. The number of benzene rings is 1. The summed E-state index contributed by atoms with van der Waals surface area (Å²) in [7, 11) is -6.17. The molecule has 1 unspecified atom stereocenters. The largest absolute Gasteiger partial charge is 0.534 e. The Labute approximate surface area is 244 Å². The summed E-state index contributed by atoms with van der Waals surface area (Å²) in [5, 5.41) is 14.9. The average Bonchev–Trinajstić information content (AvgIpc) is 3.59. The van der Waals surface area contributed by atoms with Gasteiger partial charge in [0, 0.05) is 24.2 Å². The lowest BCUT2D eigenvalue weighted by atomic mass is 9.98. The van der Waals surface area contributed by atoms with E-state index in [1.807, 2.05) is 0 Å². The molecule has 1 amide bonds. The third kappa shape index (κ3) is 5.43. The summed E-state index contributed by atoms with van der Waals surface area (Å²) in [6.45, 7) is 4.78. The Kier molecular flexibility index (Phi) is 7.91. The van der Waals surface area contributed by atoms with Crippen LogP contribution in [0.3, 0.4) is 0 Å². The van der Waals surface area contributed by atoms with E-state index in [0.29, 0.717) is 11.8 Å². The third-order valence-corrected chi connectivity index (χ3v) is 8.50. The minimum Gasteiger partial charge on any atom is -0.490 e. The minimum absolute atomic E-state index is 0.0270. The van der Waals surface area contributed by atoms with Gasteiger partial charge < -0.3 is 18.9 Å². The number of aliphatic hydroxyl groups is 1. The van der Waals surface area contributed by atoms with Crippen molar-refractivity contribution in [1.29, 1.82) is 0 Å². The molecule has 1 aliphatic heterocycles. The number of alkyl halides is 3. The first-order valence-corrected chi connectivity index (χ1v) is 14.7. The maximum absolute atomic E-state index is 15.6. The summed E-state index contributed by atoms with van der Waals surface area (Å²) in [6, 6.07) is 3.57. The molecule has 5 rings (SSSR count). The van der Waals surface area contributed by atoms with Gasteiger partial charge in [0.1, 0.15) is 35.4 Å². The molecule has 1 N–H and O–H groups in total. The number of hydrogen-bond acceptors (Lipinski definition) is 9. The maximum Gasteiger partial charge on any atom is 0.534 e. The summed E-state index contributed by atoms with van der Waals surface area (Å²) in [5.41, 5.74) is -6.11. The number of fused-ring (bicyclic) bond motifs is 2. The Morgan fingerprint density at radius 3 is 2.65 bits per heavy atom. The number of aromatic nitrogens is 3. The van der Waals surface area contributed by atoms with Gasteiger partial charge in [0.05, 0.1) is 40.5 Å². The van der Waals surface area contributed by atoms with Crippen LogP contribution in [0.25, 0.3) is 32.6 Å². The smallest absolute Gasteiger partial charge is 0.490 e. The van der Waals surface area contributed by atoms with E-state index in [0.717, 1.165) is 23.5 Å². The number of hydrogen-bond donors (Lipinski definition) is 1. The highest BCUT2D eigenvalue weighted by Crippen LogP contribution is 2.47. The molecule has 0 saturated heterocycles. The summed E-state index contributed by atoms with van der Waals surface area (Å²) < 4.78 is 105. The van der Waals surface area contributed by atoms with Crippen LogP contribution in [-0.2, 0) is 21.5 Å². The van der Waals surface area contributed by atoms with Gasteiger partial charge in [0.25, 0.3) is 0 Å². The van der Waals surface area contributed by atoms with Gasteiger partial charge in [0.15, 0.2) is 0 Å². The molecule has 0 bridgehead atoms. The van der Waals surface area contributed by atoms with E-state index >= 15 is 4.39 Å². The molecule has 0 aliphatic carbocycles. The van der Waals surface area contributed by atoms with E-state index in [1.165, 1.54) is 27.1 Å². The third-order valence-electron chi connectivity index (χ3n) is 6.62. The molecule has 43 heavy (non-hydrogen) atoms. The summed E-state index contributed by atoms with van der Waals surface area (Å²) in [6.07, 6.45) is 1.14. The van der Waals surface area contributed by atoms with Crippen LogP contribution in [0.5, 0.6) is 11.6 Å². The van der Waals surface area contributed by atoms with E-state index in [4.69, 9.17) is 4.74 Å². The molecule has 1 atom stereocenters. The van der Waals surface area contributed by atoms with Crippen molar-refractivity contribution in [3.63, 3.8) is 0 Å². The highest BCUT2D eigenvalue weighted by molar-refractivity contribution is 7.88. The number of nitrogens with zero attached hydrogens (tertiary/aromatic N) is 4. The van der Waals surface area contributed by atoms with Crippen LogP contribution in [0, 0.1) is 11.6 Å². The van der Waals surface area contributed by atoms with Crippen molar-refractivity contribution in [1.82, 2.24) is 19.7 Å². The van der Waals surface area contributed by atoms with Crippen LogP contribution in [0.1, 0.15) is 18.7 Å². The van der Waals surface area contributed by atoms with E-state index in [9.17, 15) is 35.9 Å². The fourth-order valence-electron chi connectivity index (χ4n) is 4.73. The number of pyridine rings is 1. The lowest BCUT2D eigenvalue weighted by molar-refractivity contribution is -0.129. The first kappa shape index (κ1) is 30.4. The zero-order valence-corrected chi connectivity index (χ0v) is 23.7. The van der Waals surface area contributed by atoms with Gasteiger partial charge in [-0.1, -0.05) is 6.58 Å². The standard InChI is InChI=1S/C26H21F5N4O6S2/c1-3-20(37)34-5-6-35-18(13(34)2)12-17(33-35)23-22(21-16(28)10-14(27)11-19(21)40-8-7-36)24-15(4-9-42-24)25(32-23)41-43(38,39)26(29,30)31/h3-4,9-13,36H,1,5-8H2,2H3. The van der Waals surface area contributed by atoms with Gasteiger partial charge in [-0.3, -0.25) is 9.48 Å². The van der Waals surface area contributed by atoms with E-state index in [1.54, 1.807) is 6.92 Å². The number of ether oxygens (including phenoxy) is 1. The number of aliphatic hydroxyl groups excluding tert-OH is 1. The molecule has 1 aliphatic rings. The summed E-state index contributed by atoms with van der Waals surface area (Å²) in [4.78, 5) is 18.0. The predicted molar refractivity (Wildman–Crippen MR) is 145 cm³/mol. The van der Waals surface area contributed by atoms with Crippen LogP contribution < -0.4 is 8.92 Å². The monoisotopic (exact) mass is 644 g/mol. The Balaban J connectivity index is 1.81. The number of halogens is 5. The molecule has 0 spiro atoms. The van der Waals surface area contributed by atoms with Gasteiger partial charge in [-0.05, 0) is 30.5 Å². The number of carbonyl (C=O) groups excluding carboxylic acids is 1. The molecule has 0 radical (unpaired) electrons. The van der Waals surface area contributed by atoms with Crippen molar-refractivity contribution in [3.05, 3.63) is 59.6 Å². The zero-order chi connectivity index (χ0) is 31.3. The van der Waals surface area contributed by atoms with Crippen molar-refractivity contribution >= 4 is 37.4 Å². The second-order valence-corrected chi connectivity index (χ2v) is 11.7. The zero-order valence-electron chi connectivity index (χ0n) is 22.1. The van der Waals surface area contributed by atoms with Gasteiger partial charge >= 0.3 is 15.6 Å². The first-order chi connectivity index (χ1) is 20.3. The van der Waals surface area contributed by atoms with Crippen LogP contribution in [0.4, 0.5) is 22.0 Å². The molecule has 1 aromatic carbocycles. The van der Waals surface area contributed by atoms with Gasteiger partial charge in [-0.25, -0.2) is 13.8 Å². The van der Waals surface area contributed by atoms with Crippen molar-refractivity contribution in [2.45, 2.75) is 25.0 Å². The maximum atomic E-state index is 15.6. The van der Waals surface area contributed by atoms with Gasteiger partial charge in [-0.2, -0.15) is 26.7 Å². The molecule has 10 nitrogen and oxygen atoms in total. The van der Waals surface area contributed by atoms with Gasteiger partial charge in [-0.15, -0.1) is 11.3 Å². The number of rotatable bonds is 8. The van der Waals surface area contributed by atoms with Crippen molar-refractivity contribution in [2.75, 3.05) is 19.8 Å². The molecule has 0 saturated carbocycles. The number of thiophene rings is 1. The molecule has 3 aromatic heterocycles. The second kappa shape index (κ2) is 11.2. The summed E-state index contributed by atoms with van der Waals surface area (Å²) in [5.74, 6) is -3.81. The van der Waals surface area contributed by atoms with E-state index < -0.39 is 45.8 Å². The van der Waals surface area contributed by atoms with Crippen molar-refractivity contribution in [2.24, 2.45) is 0 Å². The predicted octanol–water partition coefficient (Wildman–Crippen LogP) is 4.79. The molecule has 4 heterocycles. The summed E-state index contributed by atoms with van der Waals surface area (Å²) >= 11 is 0.893. The molecule has 4 aromatic rings. The van der Waals surface area contributed by atoms with E-state index in [-0.39, 0.29) is 64.0 Å². The molecular formula is C26H21F5N4O6S2. The molecular weight excluding hydrogens is 623 g/mol. The van der Waals surface area contributed by atoms with Crippen LogP contribution in [0.2, 0.25) is 0 Å². The lowest BCUT2D eigenvalue weighted by Crippen LogP contribution is -2.40. The quantitative estimate of drug-likeness (QED) is 0.126. The fourth-order valence-corrected chi connectivity index (χ4v) is 6.10. The Morgan fingerprint density at radius 2 is 1.98 bits per heavy atom. The van der Waals surface area contributed by atoms with Crippen LogP contribution in [0.15, 0.2) is 42.3 Å². The van der Waals surface area contributed by atoms with Gasteiger partial charge in [0.2, 0.25) is 11.8 Å². The highest BCUT2D eigenvalue weighted by Gasteiger charge is 2.49. The topological polar surface area (TPSA) is 124 Å². The van der Waals surface area contributed by atoms with Crippen molar-refractivity contribution in [3.8, 4) is 34.1 Å². The Morgan fingerprint density at radius 1 is 1.23 bits per heavy atom. The Hall–Kier alpha value is -4.09. The lowest BCUT2D eigenvalue weighted by Gasteiger charge is -2.33. The van der Waals surface area contributed by atoms with Crippen molar-refractivity contribution < 1.29 is 49.2 Å². The minimum atomic E-state index is -6.17. The highest BCUT2D eigenvalue weighted by atomic mass is 32.2. The fraction of sp³-hybridized carbons (Fsp3) is 0.269. The molecule has 0 fully saturated rings. The van der Waals surface area contributed by atoms with E-state index in [2.05, 4.69) is 20.8 Å². The SMILES string of the molecule is C=CC(=O)N1CCn2nc(-c3nc(OS(=O)(=O)C(F)(F)F)c4ccsc4c3-c3c(F)cc(F)cc3OCCO)cc2C1C. The number of carbonyl (C=O) groups is 1. The average molecular weight is 645 g/mol. The first-order valence-electron chi connectivity index (χ1n) is 12.4. The number of amides is 1. The normalized spacial score (nSPS) is 15.4. The van der Waals surface area contributed by atoms with Crippen LogP contribution >= 0.6 is 11.3 Å². The molecule has 228 valence electrons. The second-order valence-electron chi connectivity index (χ2n) is 9.21. The van der Waals surface area contributed by atoms with Crippen LogP contribution in [-0.4, -0.2) is 64.4 Å². The Bertz CT molecular complexity index is 1850.